The first kappa shape index (κ1) is 25.9. The van der Waals surface area contributed by atoms with Gasteiger partial charge in [0, 0.05) is 12.0 Å². The minimum absolute atomic E-state index is 0.252. The van der Waals surface area contributed by atoms with Crippen molar-refractivity contribution in [2.24, 2.45) is 5.11 Å². The first-order valence-electron chi connectivity index (χ1n) is 11.9. The summed E-state index contributed by atoms with van der Waals surface area (Å²) in [6.45, 7) is 1.35. The molecule has 3 aromatic rings. The van der Waals surface area contributed by atoms with Crippen molar-refractivity contribution in [3.05, 3.63) is 118 Å². The Morgan fingerprint density at radius 3 is 1.75 bits per heavy atom. The van der Waals surface area contributed by atoms with Crippen LogP contribution in [0.1, 0.15) is 16.7 Å². The summed E-state index contributed by atoms with van der Waals surface area (Å²) in [6, 6.07) is 28.9. The maximum Gasteiger partial charge on any atom is 0.168 e. The van der Waals surface area contributed by atoms with Crippen molar-refractivity contribution in [1.82, 2.24) is 0 Å². The molecule has 3 unspecified atom stereocenters. The minimum atomic E-state index is -0.802. The third-order valence-corrected chi connectivity index (χ3v) is 6.00. The van der Waals surface area contributed by atoms with E-state index in [0.29, 0.717) is 19.8 Å². The molecule has 0 N–H and O–H groups in total. The molecule has 5 atom stereocenters. The minimum Gasteiger partial charge on any atom is -0.374 e. The maximum absolute atomic E-state index is 9.29. The van der Waals surface area contributed by atoms with Gasteiger partial charge in [0.15, 0.2) is 6.29 Å². The van der Waals surface area contributed by atoms with Crippen LogP contribution in [-0.4, -0.2) is 44.4 Å². The van der Waals surface area contributed by atoms with E-state index in [1.807, 2.05) is 91.0 Å². The van der Waals surface area contributed by atoms with Crippen LogP contribution in [-0.2, 0) is 43.5 Å². The zero-order valence-electron chi connectivity index (χ0n) is 20.3. The number of hydrogen-bond donors (Lipinski definition) is 0. The van der Waals surface area contributed by atoms with Crippen LogP contribution >= 0.6 is 0 Å². The predicted molar refractivity (Wildman–Crippen MR) is 135 cm³/mol. The molecule has 0 amide bonds. The largest absolute Gasteiger partial charge is 0.374 e. The van der Waals surface area contributed by atoms with Crippen molar-refractivity contribution in [3.63, 3.8) is 0 Å². The van der Waals surface area contributed by atoms with Gasteiger partial charge in [0.1, 0.15) is 24.4 Å². The highest BCUT2D eigenvalue weighted by Gasteiger charge is 2.47. The summed E-state index contributed by atoms with van der Waals surface area (Å²) in [6.07, 6.45) is -2.49. The Morgan fingerprint density at radius 2 is 1.25 bits per heavy atom. The first-order chi connectivity index (χ1) is 17.8. The summed E-state index contributed by atoms with van der Waals surface area (Å²) < 4.78 is 30.5. The molecule has 1 aliphatic rings. The Morgan fingerprint density at radius 1 is 0.750 bits per heavy atom. The van der Waals surface area contributed by atoms with Crippen LogP contribution in [0.2, 0.25) is 0 Å². The highest BCUT2D eigenvalue weighted by Crippen LogP contribution is 2.30. The average molecular weight is 490 g/mol. The van der Waals surface area contributed by atoms with Gasteiger partial charge in [-0.2, -0.15) is 0 Å². The normalized spacial score (nSPS) is 23.6. The molecule has 1 fully saturated rings. The van der Waals surface area contributed by atoms with Gasteiger partial charge in [0.05, 0.1) is 26.4 Å². The number of ether oxygens (including phenoxy) is 5. The van der Waals surface area contributed by atoms with E-state index >= 15 is 0 Å². The maximum atomic E-state index is 9.29. The SMILES string of the molecule is CO[C@H]1OC(COCc2ccccc2)[C@@H](OCc2ccccc2)C(OCc2ccccc2)C1N=[N+]=[N-]. The van der Waals surface area contributed by atoms with Gasteiger partial charge in [-0.05, 0) is 22.2 Å². The number of rotatable bonds is 12. The first-order valence-corrected chi connectivity index (χ1v) is 11.9. The van der Waals surface area contributed by atoms with Crippen LogP contribution in [0.3, 0.4) is 0 Å². The molecular formula is C28H31N3O5. The summed E-state index contributed by atoms with van der Waals surface area (Å²) in [4.78, 5) is 3.04. The molecule has 0 aliphatic carbocycles. The second kappa shape index (κ2) is 13.8. The molecule has 0 spiro atoms. The van der Waals surface area contributed by atoms with Crippen molar-refractivity contribution in [2.75, 3.05) is 13.7 Å². The Labute approximate surface area is 211 Å². The standard InChI is InChI=1S/C28H31N3O5/c1-32-28-25(30-31-29)27(35-19-23-15-9-4-10-16-23)26(34-18-22-13-7-3-8-14-22)24(36-28)20-33-17-21-11-5-2-6-12-21/h2-16,24-28H,17-20H2,1H3/t24?,25?,26-,27?,28+/m1/s1. The molecule has 3 aromatic carbocycles. The predicted octanol–water partition coefficient (Wildman–Crippen LogP) is 5.42. The number of hydrogen-bond acceptors (Lipinski definition) is 6. The van der Waals surface area contributed by atoms with Gasteiger partial charge >= 0.3 is 0 Å². The lowest BCUT2D eigenvalue weighted by Crippen LogP contribution is -2.60. The van der Waals surface area contributed by atoms with E-state index in [0.717, 1.165) is 16.7 Å². The van der Waals surface area contributed by atoms with Crippen molar-refractivity contribution in [2.45, 2.75) is 50.5 Å². The quantitative estimate of drug-likeness (QED) is 0.192. The van der Waals surface area contributed by atoms with E-state index in [9.17, 15) is 5.53 Å². The van der Waals surface area contributed by atoms with Crippen molar-refractivity contribution < 1.29 is 23.7 Å². The van der Waals surface area contributed by atoms with Crippen molar-refractivity contribution in [3.8, 4) is 0 Å². The molecule has 0 aromatic heterocycles. The zero-order valence-corrected chi connectivity index (χ0v) is 20.3. The van der Waals surface area contributed by atoms with E-state index in [1.165, 1.54) is 7.11 Å². The van der Waals surface area contributed by atoms with E-state index in [-0.39, 0.29) is 6.61 Å². The van der Waals surface area contributed by atoms with Gasteiger partial charge < -0.3 is 23.7 Å². The van der Waals surface area contributed by atoms with Crippen LogP contribution in [0.4, 0.5) is 0 Å². The molecule has 4 rings (SSSR count). The number of benzene rings is 3. The van der Waals surface area contributed by atoms with E-state index in [2.05, 4.69) is 10.0 Å². The highest BCUT2D eigenvalue weighted by molar-refractivity contribution is 5.15. The van der Waals surface area contributed by atoms with E-state index in [4.69, 9.17) is 23.7 Å². The lowest BCUT2D eigenvalue weighted by molar-refractivity contribution is -0.280. The van der Waals surface area contributed by atoms with Gasteiger partial charge in [-0.15, -0.1) is 0 Å². The third kappa shape index (κ3) is 7.15. The molecule has 0 saturated carbocycles. The van der Waals surface area contributed by atoms with Crippen molar-refractivity contribution >= 4 is 0 Å². The molecule has 8 heteroatoms. The Balaban J connectivity index is 1.55. The summed E-state index contributed by atoms with van der Waals surface area (Å²) in [7, 11) is 1.52. The Bertz CT molecular complexity index is 1080. The summed E-state index contributed by atoms with van der Waals surface area (Å²) in [5.41, 5.74) is 12.4. The van der Waals surface area contributed by atoms with Crippen molar-refractivity contribution in [1.29, 1.82) is 0 Å². The molecule has 0 bridgehead atoms. The van der Waals surface area contributed by atoms with Crippen LogP contribution in [0.15, 0.2) is 96.1 Å². The van der Waals surface area contributed by atoms with Gasteiger partial charge in [0.25, 0.3) is 0 Å². The number of methoxy groups -OCH3 is 1. The smallest absolute Gasteiger partial charge is 0.168 e. The molecule has 1 saturated heterocycles. The molecular weight excluding hydrogens is 458 g/mol. The fourth-order valence-corrected chi connectivity index (χ4v) is 4.20. The second-order valence-corrected chi connectivity index (χ2v) is 8.50. The van der Waals surface area contributed by atoms with Gasteiger partial charge in [-0.3, -0.25) is 0 Å². The zero-order chi connectivity index (χ0) is 25.0. The van der Waals surface area contributed by atoms with Crippen LogP contribution in [0.25, 0.3) is 10.4 Å². The fraction of sp³-hybridized carbons (Fsp3) is 0.357. The van der Waals surface area contributed by atoms with Gasteiger partial charge in [-0.1, -0.05) is 96.1 Å². The van der Waals surface area contributed by atoms with Crippen LogP contribution in [0, 0.1) is 0 Å². The lowest BCUT2D eigenvalue weighted by Gasteiger charge is -2.44. The molecule has 36 heavy (non-hydrogen) atoms. The summed E-state index contributed by atoms with van der Waals surface area (Å²) >= 11 is 0. The summed E-state index contributed by atoms with van der Waals surface area (Å²) in [5.74, 6) is 0. The van der Waals surface area contributed by atoms with E-state index < -0.39 is 30.6 Å². The molecule has 0 radical (unpaired) electrons. The van der Waals surface area contributed by atoms with E-state index in [1.54, 1.807) is 0 Å². The topological polar surface area (TPSA) is 94.9 Å². The monoisotopic (exact) mass is 489 g/mol. The Kier molecular flexibility index (Phi) is 9.87. The molecule has 1 aliphatic heterocycles. The molecule has 8 nitrogen and oxygen atoms in total. The van der Waals surface area contributed by atoms with Crippen LogP contribution < -0.4 is 0 Å². The van der Waals surface area contributed by atoms with Gasteiger partial charge in [0.2, 0.25) is 0 Å². The highest BCUT2D eigenvalue weighted by atomic mass is 16.7. The van der Waals surface area contributed by atoms with Crippen LogP contribution in [0.5, 0.6) is 0 Å². The summed E-state index contributed by atoms with van der Waals surface area (Å²) in [5, 5.41) is 3.98. The second-order valence-electron chi connectivity index (χ2n) is 8.50. The third-order valence-electron chi connectivity index (χ3n) is 6.00. The number of azide groups is 1. The Hall–Kier alpha value is -3.23. The molecule has 1 heterocycles. The fourth-order valence-electron chi connectivity index (χ4n) is 4.20. The average Bonchev–Trinajstić information content (AvgIpc) is 2.93. The molecule has 188 valence electrons. The van der Waals surface area contributed by atoms with Gasteiger partial charge in [-0.25, -0.2) is 0 Å². The lowest BCUT2D eigenvalue weighted by atomic mass is 9.96. The number of nitrogens with zero attached hydrogens (tertiary/aromatic N) is 3.